The van der Waals surface area contributed by atoms with Crippen LogP contribution in [0.2, 0.25) is 5.02 Å². The molecule has 1 aromatic heterocycles. The minimum absolute atomic E-state index is 0.0251. The Morgan fingerprint density at radius 3 is 3.04 bits per heavy atom. The van der Waals surface area contributed by atoms with Crippen LogP contribution in [-0.2, 0) is 11.3 Å². The van der Waals surface area contributed by atoms with E-state index in [2.05, 4.69) is 20.4 Å². The third-order valence-electron chi connectivity index (χ3n) is 4.04. The van der Waals surface area contributed by atoms with E-state index in [9.17, 15) is 4.79 Å². The van der Waals surface area contributed by atoms with Gasteiger partial charge in [0.1, 0.15) is 0 Å². The molecule has 1 saturated heterocycles. The van der Waals surface area contributed by atoms with E-state index >= 15 is 0 Å². The Morgan fingerprint density at radius 1 is 1.46 bits per heavy atom. The van der Waals surface area contributed by atoms with Gasteiger partial charge in [-0.2, -0.15) is 0 Å². The van der Waals surface area contributed by atoms with Gasteiger partial charge in [0.2, 0.25) is 11.0 Å². The second-order valence-corrected chi connectivity index (χ2v) is 8.17. The Bertz CT molecular complexity index is 709. The van der Waals surface area contributed by atoms with Crippen LogP contribution in [0.1, 0.15) is 18.4 Å². The van der Waals surface area contributed by atoms with Gasteiger partial charge in [-0.3, -0.25) is 9.69 Å². The van der Waals surface area contributed by atoms with Crippen LogP contribution in [0.25, 0.3) is 0 Å². The Morgan fingerprint density at radius 2 is 2.29 bits per heavy atom. The Labute approximate surface area is 154 Å². The third-order valence-corrected chi connectivity index (χ3v) is 6.22. The van der Waals surface area contributed by atoms with Crippen molar-refractivity contribution in [1.82, 2.24) is 15.1 Å². The van der Waals surface area contributed by atoms with E-state index in [1.165, 1.54) is 23.1 Å². The predicted octanol–water partition coefficient (Wildman–Crippen LogP) is 3.76. The molecule has 1 unspecified atom stereocenters. The molecule has 2 aromatic rings. The number of hydrogen-bond donors (Lipinski definition) is 1. The fraction of sp³-hybridized carbons (Fsp3) is 0.438. The average Bonchev–Trinajstić information content (AvgIpc) is 3.05. The van der Waals surface area contributed by atoms with Gasteiger partial charge in [-0.05, 0) is 37.3 Å². The molecule has 1 aromatic carbocycles. The zero-order valence-corrected chi connectivity index (χ0v) is 15.8. The molecule has 1 N–H and O–H groups in total. The van der Waals surface area contributed by atoms with Gasteiger partial charge in [0.05, 0.1) is 5.92 Å². The normalized spacial score (nSPS) is 18.5. The summed E-state index contributed by atoms with van der Waals surface area (Å²) in [4.78, 5) is 14.8. The van der Waals surface area contributed by atoms with Gasteiger partial charge < -0.3 is 5.32 Å². The number of hydrogen-bond acceptors (Lipinski definition) is 6. The summed E-state index contributed by atoms with van der Waals surface area (Å²) in [5, 5.41) is 12.3. The second-order valence-electron chi connectivity index (χ2n) is 5.73. The van der Waals surface area contributed by atoms with Crippen molar-refractivity contribution < 1.29 is 4.79 Å². The van der Waals surface area contributed by atoms with Gasteiger partial charge in [-0.25, -0.2) is 0 Å². The highest BCUT2D eigenvalue weighted by Gasteiger charge is 2.26. The highest BCUT2D eigenvalue weighted by Crippen LogP contribution is 2.26. The molecule has 0 spiro atoms. The van der Waals surface area contributed by atoms with Crippen molar-refractivity contribution in [3.63, 3.8) is 0 Å². The number of nitrogens with zero attached hydrogens (tertiary/aromatic N) is 3. The number of carbonyl (C=O) groups excluding carboxylic acids is 1. The lowest BCUT2D eigenvalue weighted by Crippen LogP contribution is -2.40. The van der Waals surface area contributed by atoms with Crippen LogP contribution in [0.4, 0.5) is 5.13 Å². The first-order valence-corrected chi connectivity index (χ1v) is 10.2. The summed E-state index contributed by atoms with van der Waals surface area (Å²) < 4.78 is 0.856. The number of piperidine rings is 1. The van der Waals surface area contributed by atoms with Gasteiger partial charge in [0.25, 0.3) is 0 Å². The lowest BCUT2D eigenvalue weighted by molar-refractivity contribution is -0.121. The summed E-state index contributed by atoms with van der Waals surface area (Å²) in [6.07, 6.45) is 3.85. The largest absolute Gasteiger partial charge is 0.300 e. The maximum atomic E-state index is 12.5. The van der Waals surface area contributed by atoms with Gasteiger partial charge in [0.15, 0.2) is 4.34 Å². The monoisotopic (exact) mass is 382 g/mol. The number of benzene rings is 1. The molecular weight excluding hydrogens is 364 g/mol. The molecular formula is C16H19ClN4OS2. The predicted molar refractivity (Wildman–Crippen MR) is 99.8 cm³/mol. The number of anilines is 1. The van der Waals surface area contributed by atoms with E-state index in [4.69, 9.17) is 11.6 Å². The van der Waals surface area contributed by atoms with Crippen LogP contribution in [0.15, 0.2) is 28.6 Å². The topological polar surface area (TPSA) is 58.1 Å². The first kappa shape index (κ1) is 17.7. The molecule has 0 radical (unpaired) electrons. The van der Waals surface area contributed by atoms with E-state index in [-0.39, 0.29) is 11.8 Å². The number of rotatable bonds is 5. The molecule has 128 valence electrons. The molecule has 2 heterocycles. The molecule has 1 amide bonds. The minimum Gasteiger partial charge on any atom is -0.300 e. The zero-order valence-electron chi connectivity index (χ0n) is 13.4. The minimum atomic E-state index is -0.0251. The quantitative estimate of drug-likeness (QED) is 0.630. The number of nitrogens with one attached hydrogen (secondary N) is 1. The van der Waals surface area contributed by atoms with Crippen molar-refractivity contribution in [3.05, 3.63) is 34.9 Å². The highest BCUT2D eigenvalue weighted by molar-refractivity contribution is 8.00. The molecule has 0 bridgehead atoms. The zero-order chi connectivity index (χ0) is 16.9. The van der Waals surface area contributed by atoms with Crippen LogP contribution in [0, 0.1) is 5.92 Å². The van der Waals surface area contributed by atoms with Crippen LogP contribution in [0.5, 0.6) is 0 Å². The van der Waals surface area contributed by atoms with Gasteiger partial charge >= 0.3 is 0 Å². The van der Waals surface area contributed by atoms with Gasteiger partial charge in [-0.1, -0.05) is 52.9 Å². The van der Waals surface area contributed by atoms with Crippen LogP contribution in [0.3, 0.4) is 0 Å². The lowest BCUT2D eigenvalue weighted by Gasteiger charge is -2.32. The first-order valence-electron chi connectivity index (χ1n) is 7.80. The SMILES string of the molecule is CSc1nnc(NC(=O)C2CCCN(Cc3ccccc3Cl)C2)s1. The molecule has 1 aliphatic heterocycles. The van der Waals surface area contributed by atoms with Crippen molar-refractivity contribution in [2.75, 3.05) is 24.7 Å². The number of halogens is 1. The van der Waals surface area contributed by atoms with Crippen molar-refractivity contribution in [3.8, 4) is 0 Å². The van der Waals surface area contributed by atoms with Crippen LogP contribution < -0.4 is 5.32 Å². The molecule has 1 aliphatic rings. The van der Waals surface area contributed by atoms with Gasteiger partial charge in [0, 0.05) is 18.1 Å². The first-order chi connectivity index (χ1) is 11.7. The smallest absolute Gasteiger partial charge is 0.230 e. The summed E-state index contributed by atoms with van der Waals surface area (Å²) in [6, 6.07) is 7.87. The molecule has 5 nitrogen and oxygen atoms in total. The van der Waals surface area contributed by atoms with E-state index in [1.54, 1.807) is 0 Å². The number of likely N-dealkylation sites (tertiary alicyclic amines) is 1. The van der Waals surface area contributed by atoms with Crippen molar-refractivity contribution in [2.24, 2.45) is 5.92 Å². The maximum Gasteiger partial charge on any atom is 0.230 e. The molecule has 1 fully saturated rings. The van der Waals surface area contributed by atoms with Crippen molar-refractivity contribution in [1.29, 1.82) is 0 Å². The molecule has 24 heavy (non-hydrogen) atoms. The van der Waals surface area contributed by atoms with Crippen LogP contribution in [-0.4, -0.2) is 40.3 Å². The Hall–Kier alpha value is -1.15. The maximum absolute atomic E-state index is 12.5. The molecule has 1 atom stereocenters. The van der Waals surface area contributed by atoms with E-state index in [0.717, 1.165) is 47.4 Å². The summed E-state index contributed by atoms with van der Waals surface area (Å²) in [7, 11) is 0. The number of amides is 1. The number of carbonyl (C=O) groups is 1. The Kier molecular flexibility index (Phi) is 6.10. The van der Waals surface area contributed by atoms with Crippen molar-refractivity contribution >= 4 is 45.7 Å². The van der Waals surface area contributed by atoms with E-state index in [1.807, 2.05) is 30.5 Å². The summed E-state index contributed by atoms with van der Waals surface area (Å²) in [6.45, 7) is 2.51. The third kappa shape index (κ3) is 4.47. The van der Waals surface area contributed by atoms with E-state index < -0.39 is 0 Å². The van der Waals surface area contributed by atoms with Crippen molar-refractivity contribution in [2.45, 2.75) is 23.7 Å². The second kappa shape index (κ2) is 8.29. The molecule has 3 rings (SSSR count). The summed E-state index contributed by atoms with van der Waals surface area (Å²) >= 11 is 9.18. The molecule has 0 saturated carbocycles. The summed E-state index contributed by atoms with van der Waals surface area (Å²) in [5.74, 6) is 0.00512. The standard InChI is InChI=1S/C16H19ClN4OS2/c1-23-16-20-19-15(24-16)18-14(22)12-6-4-8-21(10-12)9-11-5-2-3-7-13(11)17/h2-3,5,7,12H,4,6,8-10H2,1H3,(H,18,19,22). The average molecular weight is 383 g/mol. The van der Waals surface area contributed by atoms with E-state index in [0.29, 0.717) is 5.13 Å². The fourth-order valence-electron chi connectivity index (χ4n) is 2.83. The molecule has 8 heteroatoms. The molecule has 0 aliphatic carbocycles. The number of aromatic nitrogens is 2. The number of thioether (sulfide) groups is 1. The van der Waals surface area contributed by atoms with Crippen LogP contribution >= 0.6 is 34.7 Å². The summed E-state index contributed by atoms with van der Waals surface area (Å²) in [5.41, 5.74) is 1.11. The highest BCUT2D eigenvalue weighted by atomic mass is 35.5. The van der Waals surface area contributed by atoms with Gasteiger partial charge in [-0.15, -0.1) is 10.2 Å². The lowest BCUT2D eigenvalue weighted by atomic mass is 9.97. The Balaban J connectivity index is 1.58. The fourth-order valence-corrected chi connectivity index (χ4v) is 4.20.